The van der Waals surface area contributed by atoms with Crippen molar-refractivity contribution in [2.24, 2.45) is 0 Å². The highest BCUT2D eigenvalue weighted by molar-refractivity contribution is 7.98. The summed E-state index contributed by atoms with van der Waals surface area (Å²) in [6, 6.07) is -1.48. The zero-order chi connectivity index (χ0) is 13.4. The molecule has 100 valence electrons. The summed E-state index contributed by atoms with van der Waals surface area (Å²) < 4.78 is 4.49. The van der Waals surface area contributed by atoms with E-state index in [4.69, 9.17) is 5.11 Å². The van der Waals surface area contributed by atoms with Gasteiger partial charge in [-0.25, -0.2) is 9.59 Å². The molecule has 0 unspecified atom stereocenters. The van der Waals surface area contributed by atoms with Gasteiger partial charge >= 0.3 is 12.0 Å². The van der Waals surface area contributed by atoms with Crippen molar-refractivity contribution in [3.05, 3.63) is 12.2 Å². The number of carboxylic acids is 1. The second kappa shape index (κ2) is 7.54. The van der Waals surface area contributed by atoms with Crippen LogP contribution in [0.4, 0.5) is 4.79 Å². The molecule has 0 fully saturated rings. The van der Waals surface area contributed by atoms with E-state index in [0.29, 0.717) is 18.0 Å². The zero-order valence-electron chi connectivity index (χ0n) is 9.75. The molecule has 1 atom stereocenters. The molecule has 18 heavy (non-hydrogen) atoms. The molecule has 1 aromatic rings. The first-order chi connectivity index (χ1) is 8.63. The van der Waals surface area contributed by atoms with Crippen LogP contribution in [-0.4, -0.2) is 45.3 Å². The molecule has 8 nitrogen and oxygen atoms in total. The average Bonchev–Trinajstić information content (AvgIpc) is 2.84. The summed E-state index contributed by atoms with van der Waals surface area (Å²) in [5.41, 5.74) is 0. The number of carbonyl (C=O) groups excluding carboxylic acids is 1. The maximum absolute atomic E-state index is 11.4. The monoisotopic (exact) mass is 274 g/mol. The number of nitrogens with one attached hydrogen (secondary N) is 2. The van der Waals surface area contributed by atoms with Crippen LogP contribution in [0.5, 0.6) is 0 Å². The lowest BCUT2D eigenvalue weighted by Crippen LogP contribution is -2.46. The standard InChI is InChI=1S/C9H14N4O4S/c1-18-3-2-6(8(14)15)12-9(16)10-4-7-11-5-17-13-7/h5-6H,2-4H2,1H3,(H,14,15)(H2,10,12,16)/t6-/m0/s1. The normalized spacial score (nSPS) is 11.8. The molecule has 0 spiro atoms. The fraction of sp³-hybridized carbons (Fsp3) is 0.556. The molecule has 0 saturated heterocycles. The molecule has 1 rings (SSSR count). The number of rotatable bonds is 7. The van der Waals surface area contributed by atoms with Gasteiger partial charge in [0.05, 0.1) is 6.54 Å². The summed E-state index contributed by atoms with van der Waals surface area (Å²) in [4.78, 5) is 26.0. The quantitative estimate of drug-likeness (QED) is 0.644. The first kappa shape index (κ1) is 14.3. The van der Waals surface area contributed by atoms with Crippen molar-refractivity contribution in [1.82, 2.24) is 20.8 Å². The first-order valence-corrected chi connectivity index (χ1v) is 6.54. The van der Waals surface area contributed by atoms with Crippen molar-refractivity contribution >= 4 is 23.8 Å². The maximum atomic E-state index is 11.4. The Balaban J connectivity index is 2.34. The van der Waals surface area contributed by atoms with E-state index in [2.05, 4.69) is 25.3 Å². The topological polar surface area (TPSA) is 117 Å². The lowest BCUT2D eigenvalue weighted by molar-refractivity contribution is -0.139. The minimum absolute atomic E-state index is 0.0806. The van der Waals surface area contributed by atoms with Gasteiger partial charge in [0.25, 0.3) is 0 Å². The Morgan fingerprint density at radius 1 is 1.61 bits per heavy atom. The highest BCUT2D eigenvalue weighted by Crippen LogP contribution is 2.00. The third-order valence-electron chi connectivity index (χ3n) is 2.03. The summed E-state index contributed by atoms with van der Waals surface area (Å²) in [7, 11) is 0. The van der Waals surface area contributed by atoms with Crippen LogP contribution in [0.2, 0.25) is 0 Å². The molecule has 2 amide bonds. The minimum atomic E-state index is -1.06. The molecule has 0 bridgehead atoms. The number of amides is 2. The number of hydrogen-bond acceptors (Lipinski definition) is 6. The number of carboxylic acid groups (broad SMARTS) is 1. The fourth-order valence-electron chi connectivity index (χ4n) is 1.13. The van der Waals surface area contributed by atoms with Gasteiger partial charge in [0, 0.05) is 0 Å². The predicted molar refractivity (Wildman–Crippen MR) is 64.1 cm³/mol. The number of aliphatic carboxylic acids is 1. The molecular weight excluding hydrogens is 260 g/mol. The van der Waals surface area contributed by atoms with Crippen molar-refractivity contribution in [2.45, 2.75) is 19.0 Å². The molecule has 0 saturated carbocycles. The second-order valence-corrected chi connectivity index (χ2v) is 4.33. The van der Waals surface area contributed by atoms with Crippen LogP contribution in [0.3, 0.4) is 0 Å². The highest BCUT2D eigenvalue weighted by Gasteiger charge is 2.19. The van der Waals surface area contributed by atoms with Gasteiger partial charge in [0.15, 0.2) is 5.82 Å². The van der Waals surface area contributed by atoms with Crippen LogP contribution in [0.15, 0.2) is 10.9 Å². The van der Waals surface area contributed by atoms with Gasteiger partial charge in [-0.1, -0.05) is 5.16 Å². The molecule has 0 aliphatic rings. The van der Waals surface area contributed by atoms with Gasteiger partial charge in [0.2, 0.25) is 6.39 Å². The minimum Gasteiger partial charge on any atom is -0.480 e. The Hall–Kier alpha value is -1.77. The molecule has 1 heterocycles. The van der Waals surface area contributed by atoms with Crippen molar-refractivity contribution in [2.75, 3.05) is 12.0 Å². The molecule has 1 aromatic heterocycles. The lowest BCUT2D eigenvalue weighted by atomic mass is 10.2. The summed E-state index contributed by atoms with van der Waals surface area (Å²) in [5, 5.41) is 17.2. The van der Waals surface area contributed by atoms with Crippen molar-refractivity contribution in [1.29, 1.82) is 0 Å². The van der Waals surface area contributed by atoms with Crippen LogP contribution in [0.1, 0.15) is 12.2 Å². The lowest BCUT2D eigenvalue weighted by Gasteiger charge is -2.13. The molecule has 9 heteroatoms. The summed E-state index contributed by atoms with van der Waals surface area (Å²) in [5.74, 6) is -0.0814. The highest BCUT2D eigenvalue weighted by atomic mass is 32.2. The summed E-state index contributed by atoms with van der Waals surface area (Å²) in [6.07, 6.45) is 3.38. The maximum Gasteiger partial charge on any atom is 0.326 e. The second-order valence-electron chi connectivity index (χ2n) is 3.35. The smallest absolute Gasteiger partial charge is 0.326 e. The van der Waals surface area contributed by atoms with Crippen LogP contribution in [0.25, 0.3) is 0 Å². The SMILES string of the molecule is CSCC[C@H](NC(=O)NCc1ncon1)C(=O)O. The van der Waals surface area contributed by atoms with Gasteiger partial charge in [-0.05, 0) is 18.4 Å². The van der Waals surface area contributed by atoms with Crippen LogP contribution in [-0.2, 0) is 11.3 Å². The molecule has 3 N–H and O–H groups in total. The predicted octanol–water partition coefficient (Wildman–Crippen LogP) is 0.0751. The van der Waals surface area contributed by atoms with Crippen LogP contribution < -0.4 is 10.6 Å². The number of urea groups is 1. The van der Waals surface area contributed by atoms with Gasteiger partial charge in [-0.3, -0.25) is 0 Å². The van der Waals surface area contributed by atoms with Crippen molar-refractivity contribution in [3.63, 3.8) is 0 Å². The Bertz CT molecular complexity index is 384. The van der Waals surface area contributed by atoms with E-state index in [-0.39, 0.29) is 6.54 Å². The number of hydrogen-bond donors (Lipinski definition) is 3. The van der Waals surface area contributed by atoms with E-state index in [1.807, 2.05) is 6.26 Å². The molecule has 0 aromatic carbocycles. The van der Waals surface area contributed by atoms with E-state index in [9.17, 15) is 9.59 Å². The molecule has 0 aliphatic heterocycles. The van der Waals surface area contributed by atoms with E-state index >= 15 is 0 Å². The average molecular weight is 274 g/mol. The summed E-state index contributed by atoms with van der Waals surface area (Å²) in [6.45, 7) is 0.0806. The van der Waals surface area contributed by atoms with E-state index in [1.165, 1.54) is 11.8 Å². The largest absolute Gasteiger partial charge is 0.480 e. The third-order valence-corrected chi connectivity index (χ3v) is 2.67. The third kappa shape index (κ3) is 5.04. The van der Waals surface area contributed by atoms with E-state index < -0.39 is 18.0 Å². The van der Waals surface area contributed by atoms with E-state index in [1.54, 1.807) is 0 Å². The van der Waals surface area contributed by atoms with Gasteiger partial charge in [-0.15, -0.1) is 0 Å². The molecule has 0 radical (unpaired) electrons. The summed E-state index contributed by atoms with van der Waals surface area (Å²) >= 11 is 1.52. The van der Waals surface area contributed by atoms with Crippen LogP contribution >= 0.6 is 11.8 Å². The van der Waals surface area contributed by atoms with Gasteiger partial charge in [0.1, 0.15) is 6.04 Å². The Kier molecular flexibility index (Phi) is 5.98. The number of carbonyl (C=O) groups is 2. The Labute approximate surface area is 108 Å². The number of thioether (sulfide) groups is 1. The Morgan fingerprint density at radius 3 is 2.94 bits per heavy atom. The fourth-order valence-corrected chi connectivity index (χ4v) is 1.60. The Morgan fingerprint density at radius 2 is 2.39 bits per heavy atom. The first-order valence-electron chi connectivity index (χ1n) is 5.15. The van der Waals surface area contributed by atoms with Crippen molar-refractivity contribution in [3.8, 4) is 0 Å². The van der Waals surface area contributed by atoms with Gasteiger partial charge in [-0.2, -0.15) is 16.7 Å². The van der Waals surface area contributed by atoms with Crippen LogP contribution in [0, 0.1) is 0 Å². The zero-order valence-corrected chi connectivity index (χ0v) is 10.6. The molecule has 0 aliphatic carbocycles. The number of aromatic nitrogens is 2. The van der Waals surface area contributed by atoms with Crippen molar-refractivity contribution < 1.29 is 19.2 Å². The van der Waals surface area contributed by atoms with E-state index in [0.717, 1.165) is 6.39 Å². The molecular formula is C9H14N4O4S. The number of nitrogens with zero attached hydrogens (tertiary/aromatic N) is 2. The van der Waals surface area contributed by atoms with Gasteiger partial charge < -0.3 is 20.3 Å².